The monoisotopic (exact) mass is 375 g/mol. The molecule has 0 aromatic carbocycles. The van der Waals surface area contributed by atoms with Crippen LogP contribution in [-0.4, -0.2) is 39.4 Å². The van der Waals surface area contributed by atoms with Crippen LogP contribution in [0.25, 0.3) is 0 Å². The molecule has 5 rings (SSSR count). The number of carbonyl (C=O) groups is 2. The highest BCUT2D eigenvalue weighted by Crippen LogP contribution is 2.53. The number of aliphatic carboxylic acids is 1. The summed E-state index contributed by atoms with van der Waals surface area (Å²) < 4.78 is 7.04. The Hall–Kier alpha value is -2.05. The Morgan fingerprint density at radius 2 is 1.85 bits per heavy atom. The van der Waals surface area contributed by atoms with E-state index < -0.39 is 5.97 Å². The van der Waals surface area contributed by atoms with Gasteiger partial charge in [-0.3, -0.25) is 9.59 Å². The second kappa shape index (κ2) is 7.17. The number of carboxylic acids is 1. The summed E-state index contributed by atoms with van der Waals surface area (Å²) in [6.45, 7) is 4.10. The van der Waals surface area contributed by atoms with Gasteiger partial charge in [0.15, 0.2) is 0 Å². The minimum absolute atomic E-state index is 0.192. The van der Waals surface area contributed by atoms with Crippen LogP contribution in [0, 0.1) is 29.6 Å². The van der Waals surface area contributed by atoms with Gasteiger partial charge < -0.3 is 15.2 Å². The number of carbonyl (C=O) groups excluding carboxylic acids is 1. The summed E-state index contributed by atoms with van der Waals surface area (Å²) >= 11 is 0. The van der Waals surface area contributed by atoms with E-state index >= 15 is 0 Å². The summed E-state index contributed by atoms with van der Waals surface area (Å²) in [5.74, 6) is 2.18. The van der Waals surface area contributed by atoms with Gasteiger partial charge in [-0.25, -0.2) is 4.68 Å². The third-order valence-corrected chi connectivity index (χ3v) is 6.40. The zero-order chi connectivity index (χ0) is 19.1. The first kappa shape index (κ1) is 18.3. The van der Waals surface area contributed by atoms with Crippen molar-refractivity contribution >= 4 is 11.9 Å². The Morgan fingerprint density at radius 3 is 2.41 bits per heavy atom. The molecule has 7 nitrogen and oxygen atoms in total. The van der Waals surface area contributed by atoms with Crippen LogP contribution in [0.2, 0.25) is 0 Å². The number of nitrogens with one attached hydrogen (secondary N) is 1. The lowest BCUT2D eigenvalue weighted by Crippen LogP contribution is -2.55. The van der Waals surface area contributed by atoms with E-state index in [-0.39, 0.29) is 30.3 Å². The van der Waals surface area contributed by atoms with E-state index in [1.54, 1.807) is 0 Å². The molecule has 1 heterocycles. The van der Waals surface area contributed by atoms with Gasteiger partial charge in [0.25, 0.3) is 5.91 Å². The molecule has 4 aliphatic carbocycles. The van der Waals surface area contributed by atoms with Crippen LogP contribution >= 0.6 is 0 Å². The molecule has 0 saturated heterocycles. The van der Waals surface area contributed by atoms with Crippen molar-refractivity contribution in [1.82, 2.24) is 15.1 Å². The molecule has 4 bridgehead atoms. The fourth-order valence-electron chi connectivity index (χ4n) is 5.56. The molecule has 148 valence electrons. The molecule has 0 aliphatic heterocycles. The van der Waals surface area contributed by atoms with Crippen LogP contribution in [0.4, 0.5) is 0 Å². The average molecular weight is 375 g/mol. The maximum Gasteiger partial charge on any atom is 0.325 e. The van der Waals surface area contributed by atoms with Gasteiger partial charge in [-0.2, -0.15) is 5.10 Å². The first-order valence-electron chi connectivity index (χ1n) is 10.1. The number of hydrogen-bond donors (Lipinski definition) is 2. The first-order valence-corrected chi connectivity index (χ1v) is 10.1. The van der Waals surface area contributed by atoms with Crippen molar-refractivity contribution in [1.29, 1.82) is 0 Å². The lowest BCUT2D eigenvalue weighted by atomic mass is 9.54. The smallest absolute Gasteiger partial charge is 0.325 e. The zero-order valence-corrected chi connectivity index (χ0v) is 16.1. The lowest BCUT2D eigenvalue weighted by Gasteiger charge is -2.54. The van der Waals surface area contributed by atoms with Crippen LogP contribution < -0.4 is 10.1 Å². The highest BCUT2D eigenvalue weighted by Gasteiger charge is 2.48. The summed E-state index contributed by atoms with van der Waals surface area (Å²) in [6, 6.07) is 0.228. The predicted octanol–water partition coefficient (Wildman–Crippen LogP) is 2.56. The maximum atomic E-state index is 13.0. The van der Waals surface area contributed by atoms with Crippen molar-refractivity contribution in [3.63, 3.8) is 0 Å². The SMILES string of the molecule is CC(C)COc1c(C(=O)NC2C3CC4CC(C3)CC2C4)cnn1CC(=O)O. The van der Waals surface area contributed by atoms with Crippen molar-refractivity contribution < 1.29 is 19.4 Å². The van der Waals surface area contributed by atoms with E-state index in [0.29, 0.717) is 24.0 Å². The molecule has 27 heavy (non-hydrogen) atoms. The summed E-state index contributed by atoms with van der Waals surface area (Å²) in [4.78, 5) is 24.1. The van der Waals surface area contributed by atoms with Gasteiger partial charge in [0.1, 0.15) is 12.1 Å². The molecular formula is C20H29N3O4. The summed E-state index contributed by atoms with van der Waals surface area (Å²) in [6.07, 6.45) is 7.73. The Bertz CT molecular complexity index is 699. The van der Waals surface area contributed by atoms with Gasteiger partial charge in [-0.1, -0.05) is 13.8 Å². The van der Waals surface area contributed by atoms with Gasteiger partial charge in [-0.05, 0) is 61.7 Å². The summed E-state index contributed by atoms with van der Waals surface area (Å²) in [7, 11) is 0. The molecule has 2 N–H and O–H groups in total. The minimum atomic E-state index is -1.01. The van der Waals surface area contributed by atoms with Crippen molar-refractivity contribution in [2.75, 3.05) is 6.61 Å². The topological polar surface area (TPSA) is 93.5 Å². The Labute approximate surface area is 159 Å². The van der Waals surface area contributed by atoms with Crippen LogP contribution in [-0.2, 0) is 11.3 Å². The van der Waals surface area contributed by atoms with E-state index in [1.807, 2.05) is 13.8 Å². The van der Waals surface area contributed by atoms with E-state index in [0.717, 1.165) is 11.8 Å². The van der Waals surface area contributed by atoms with Gasteiger partial charge in [0.05, 0.1) is 12.8 Å². The third kappa shape index (κ3) is 3.69. The molecule has 0 atom stereocenters. The normalized spacial score (nSPS) is 31.3. The van der Waals surface area contributed by atoms with E-state index in [2.05, 4.69) is 10.4 Å². The molecule has 0 unspecified atom stereocenters. The molecule has 1 aromatic heterocycles. The van der Waals surface area contributed by atoms with Gasteiger partial charge in [-0.15, -0.1) is 0 Å². The molecule has 7 heteroatoms. The number of aromatic nitrogens is 2. The fraction of sp³-hybridized carbons (Fsp3) is 0.750. The molecule has 1 amide bonds. The molecule has 4 aliphatic rings. The van der Waals surface area contributed by atoms with E-state index in [4.69, 9.17) is 9.84 Å². The second-order valence-corrected chi connectivity index (χ2v) is 9.05. The molecule has 4 saturated carbocycles. The third-order valence-electron chi connectivity index (χ3n) is 6.40. The Kier molecular flexibility index (Phi) is 4.86. The molecule has 0 spiro atoms. The molecule has 0 radical (unpaired) electrons. The number of hydrogen-bond acceptors (Lipinski definition) is 4. The first-order chi connectivity index (χ1) is 12.9. The average Bonchev–Trinajstić information content (AvgIpc) is 2.97. The number of amides is 1. The molecular weight excluding hydrogens is 346 g/mol. The standard InChI is InChI=1S/C20H29N3O4/c1-11(2)10-27-20-16(8-21-23(20)9-17(24)25)19(26)22-18-14-4-12-3-13(6-14)7-15(18)5-12/h8,11-15,18H,3-7,9-10H2,1-2H3,(H,22,26)(H,24,25). The highest BCUT2D eigenvalue weighted by atomic mass is 16.5. The second-order valence-electron chi connectivity index (χ2n) is 9.05. The summed E-state index contributed by atoms with van der Waals surface area (Å²) in [5, 5.41) is 16.4. The number of nitrogens with zero attached hydrogens (tertiary/aromatic N) is 2. The number of ether oxygens (including phenoxy) is 1. The van der Waals surface area contributed by atoms with Gasteiger partial charge in [0.2, 0.25) is 5.88 Å². The van der Waals surface area contributed by atoms with Gasteiger partial charge >= 0.3 is 5.97 Å². The molecule has 4 fully saturated rings. The van der Waals surface area contributed by atoms with Crippen molar-refractivity contribution in [3.05, 3.63) is 11.8 Å². The van der Waals surface area contributed by atoms with Crippen molar-refractivity contribution in [2.45, 2.75) is 58.5 Å². The van der Waals surface area contributed by atoms with E-state index in [1.165, 1.54) is 43.0 Å². The predicted molar refractivity (Wildman–Crippen MR) is 98.5 cm³/mol. The van der Waals surface area contributed by atoms with Gasteiger partial charge in [0, 0.05) is 6.04 Å². The lowest BCUT2D eigenvalue weighted by molar-refractivity contribution is -0.138. The van der Waals surface area contributed by atoms with Crippen molar-refractivity contribution in [3.8, 4) is 5.88 Å². The van der Waals surface area contributed by atoms with Crippen LogP contribution in [0.1, 0.15) is 56.3 Å². The number of rotatable bonds is 7. The molecule has 1 aromatic rings. The quantitative estimate of drug-likeness (QED) is 0.764. The fourth-order valence-corrected chi connectivity index (χ4v) is 5.56. The zero-order valence-electron chi connectivity index (χ0n) is 16.1. The number of carboxylic acid groups (broad SMARTS) is 1. The van der Waals surface area contributed by atoms with Crippen molar-refractivity contribution in [2.24, 2.45) is 29.6 Å². The Balaban J connectivity index is 1.51. The Morgan fingerprint density at radius 1 is 1.22 bits per heavy atom. The highest BCUT2D eigenvalue weighted by molar-refractivity contribution is 5.96. The van der Waals surface area contributed by atoms with Crippen LogP contribution in [0.3, 0.4) is 0 Å². The maximum absolute atomic E-state index is 13.0. The van der Waals surface area contributed by atoms with Crippen LogP contribution in [0.5, 0.6) is 5.88 Å². The summed E-state index contributed by atoms with van der Waals surface area (Å²) in [5.41, 5.74) is 0.339. The van der Waals surface area contributed by atoms with E-state index in [9.17, 15) is 9.59 Å². The van der Waals surface area contributed by atoms with Crippen LogP contribution in [0.15, 0.2) is 6.20 Å². The minimum Gasteiger partial charge on any atom is -0.480 e. The largest absolute Gasteiger partial charge is 0.480 e.